The molecule has 9 nitrogen and oxygen atoms in total. The monoisotopic (exact) mass is 561 g/mol. The molecule has 2 aromatic carbocycles. The van der Waals surface area contributed by atoms with Crippen molar-refractivity contribution in [1.82, 2.24) is 10.2 Å². The van der Waals surface area contributed by atoms with Crippen molar-refractivity contribution < 1.29 is 28.7 Å². The second-order valence-electron chi connectivity index (χ2n) is 10.8. The van der Waals surface area contributed by atoms with Gasteiger partial charge in [-0.3, -0.25) is 14.4 Å². The number of unbranched alkanes of at least 4 members (excludes halogenated alkanes) is 1. The van der Waals surface area contributed by atoms with Crippen LogP contribution in [0.5, 0.6) is 0 Å². The molecule has 0 fully saturated rings. The summed E-state index contributed by atoms with van der Waals surface area (Å²) in [5.41, 5.74) is 1.85. The number of hydrogen-bond acceptors (Lipinski definition) is 6. The largest absolute Gasteiger partial charge is 0.466 e. The average Bonchev–Trinajstić information content (AvgIpc) is 3.00. The van der Waals surface area contributed by atoms with Crippen molar-refractivity contribution in [3.05, 3.63) is 65.2 Å². The first kappa shape index (κ1) is 31.2. The van der Waals surface area contributed by atoms with Crippen molar-refractivity contribution in [2.45, 2.75) is 72.1 Å². The number of nitrogens with zero attached hydrogens (tertiary/aromatic N) is 2. The van der Waals surface area contributed by atoms with Crippen LogP contribution in [-0.4, -0.2) is 60.1 Å². The lowest BCUT2D eigenvalue weighted by molar-refractivity contribution is -0.144. The number of amides is 3. The predicted octanol–water partition coefficient (Wildman–Crippen LogP) is 4.67. The van der Waals surface area contributed by atoms with E-state index in [-0.39, 0.29) is 31.4 Å². The molecule has 1 heterocycles. The van der Waals surface area contributed by atoms with Crippen LogP contribution in [0.4, 0.5) is 10.5 Å². The highest BCUT2D eigenvalue weighted by Crippen LogP contribution is 2.29. The Kier molecular flexibility index (Phi) is 10.9. The molecule has 1 aliphatic rings. The number of nitrogens with one attached hydrogen (secondary N) is 1. The molecule has 1 N–H and O–H groups in total. The van der Waals surface area contributed by atoms with Gasteiger partial charge in [-0.05, 0) is 64.8 Å². The number of esters is 1. The second-order valence-corrected chi connectivity index (χ2v) is 10.8. The Morgan fingerprint density at radius 1 is 1.10 bits per heavy atom. The van der Waals surface area contributed by atoms with Crippen LogP contribution in [0.25, 0.3) is 0 Å². The third-order valence-electron chi connectivity index (χ3n) is 6.25. The zero-order valence-corrected chi connectivity index (χ0v) is 24.5. The van der Waals surface area contributed by atoms with Crippen LogP contribution < -0.4 is 10.2 Å². The summed E-state index contributed by atoms with van der Waals surface area (Å²) in [5, 5.41) is 2.71. The van der Waals surface area contributed by atoms with E-state index in [1.54, 1.807) is 57.7 Å². The normalized spacial score (nSPS) is 13.9. The second kappa shape index (κ2) is 14.4. The molecular formula is C32H39N3O6. The third-order valence-corrected chi connectivity index (χ3v) is 6.25. The lowest BCUT2D eigenvalue weighted by atomic mass is 10.0. The van der Waals surface area contributed by atoms with E-state index in [4.69, 9.17) is 9.47 Å². The summed E-state index contributed by atoms with van der Waals surface area (Å²) < 4.78 is 10.3. The highest BCUT2D eigenvalue weighted by Gasteiger charge is 2.35. The number of alkyl carbamates (subject to hydrolysis) is 1. The van der Waals surface area contributed by atoms with Gasteiger partial charge < -0.3 is 24.6 Å². The Hall–Kier alpha value is -4.32. The van der Waals surface area contributed by atoms with Gasteiger partial charge in [0.05, 0.1) is 30.8 Å². The van der Waals surface area contributed by atoms with Crippen molar-refractivity contribution in [2.75, 3.05) is 24.6 Å². The number of ether oxygens (including phenoxy) is 2. The zero-order valence-electron chi connectivity index (χ0n) is 24.5. The van der Waals surface area contributed by atoms with Gasteiger partial charge in [0.15, 0.2) is 0 Å². The number of hydrogen-bond donors (Lipinski definition) is 1. The number of fused-ring (bicyclic) bond motifs is 1. The SMILES string of the molecule is CCOC(=O)CC(C)N1CC(=O)N(Cc2ccccc2)c2ccc(C#CCCCNC(=O)OC(C)(C)C)cc2C1=O. The molecule has 41 heavy (non-hydrogen) atoms. The molecule has 3 amide bonds. The highest BCUT2D eigenvalue weighted by molar-refractivity contribution is 6.10. The smallest absolute Gasteiger partial charge is 0.407 e. The minimum Gasteiger partial charge on any atom is -0.466 e. The van der Waals surface area contributed by atoms with Gasteiger partial charge in [-0.25, -0.2) is 4.79 Å². The molecule has 1 unspecified atom stereocenters. The molecule has 218 valence electrons. The Bertz CT molecular complexity index is 1310. The minimum atomic E-state index is -0.555. The van der Waals surface area contributed by atoms with E-state index in [9.17, 15) is 19.2 Å². The van der Waals surface area contributed by atoms with Gasteiger partial charge in [-0.1, -0.05) is 42.2 Å². The van der Waals surface area contributed by atoms with Crippen molar-refractivity contribution >= 4 is 29.6 Å². The van der Waals surface area contributed by atoms with E-state index in [0.29, 0.717) is 42.7 Å². The summed E-state index contributed by atoms with van der Waals surface area (Å²) in [6, 6.07) is 14.3. The van der Waals surface area contributed by atoms with E-state index in [2.05, 4.69) is 17.2 Å². The molecule has 0 spiro atoms. The quantitative estimate of drug-likeness (QED) is 0.271. The summed E-state index contributed by atoms with van der Waals surface area (Å²) in [4.78, 5) is 54.3. The molecule has 0 saturated heterocycles. The molecule has 0 radical (unpaired) electrons. The van der Waals surface area contributed by atoms with Gasteiger partial charge >= 0.3 is 12.1 Å². The van der Waals surface area contributed by atoms with Crippen LogP contribution in [0.3, 0.4) is 0 Å². The predicted molar refractivity (Wildman–Crippen MR) is 156 cm³/mol. The van der Waals surface area contributed by atoms with Crippen molar-refractivity contribution in [1.29, 1.82) is 0 Å². The maximum atomic E-state index is 13.8. The summed E-state index contributed by atoms with van der Waals surface area (Å²) in [7, 11) is 0. The number of carbonyl (C=O) groups is 4. The fraction of sp³-hybridized carbons (Fsp3) is 0.438. The van der Waals surface area contributed by atoms with Gasteiger partial charge in [0.1, 0.15) is 12.1 Å². The Labute approximate surface area is 242 Å². The molecule has 1 atom stereocenters. The van der Waals surface area contributed by atoms with Crippen LogP contribution in [0.2, 0.25) is 0 Å². The third kappa shape index (κ3) is 9.38. The van der Waals surface area contributed by atoms with Crippen LogP contribution in [-0.2, 0) is 25.6 Å². The van der Waals surface area contributed by atoms with Gasteiger partial charge in [0.2, 0.25) is 5.91 Å². The first-order valence-electron chi connectivity index (χ1n) is 13.9. The molecule has 1 aliphatic heterocycles. The topological polar surface area (TPSA) is 105 Å². The maximum Gasteiger partial charge on any atom is 0.407 e. The Morgan fingerprint density at radius 3 is 2.51 bits per heavy atom. The zero-order chi connectivity index (χ0) is 30.0. The van der Waals surface area contributed by atoms with E-state index in [1.165, 1.54) is 4.90 Å². The van der Waals surface area contributed by atoms with Gasteiger partial charge in [-0.15, -0.1) is 0 Å². The van der Waals surface area contributed by atoms with E-state index in [0.717, 1.165) is 5.56 Å². The number of anilines is 1. The fourth-order valence-electron chi connectivity index (χ4n) is 4.33. The highest BCUT2D eigenvalue weighted by atomic mass is 16.6. The first-order valence-corrected chi connectivity index (χ1v) is 13.9. The first-order chi connectivity index (χ1) is 19.5. The van der Waals surface area contributed by atoms with Crippen molar-refractivity contribution in [3.8, 4) is 11.8 Å². The maximum absolute atomic E-state index is 13.8. The lowest BCUT2D eigenvalue weighted by Gasteiger charge is -2.27. The van der Waals surface area contributed by atoms with Crippen LogP contribution in [0, 0.1) is 11.8 Å². The molecule has 0 aliphatic carbocycles. The summed E-state index contributed by atoms with van der Waals surface area (Å²) in [6.07, 6.45) is 0.681. The Morgan fingerprint density at radius 2 is 1.83 bits per heavy atom. The average molecular weight is 562 g/mol. The van der Waals surface area contributed by atoms with Gasteiger partial charge in [0.25, 0.3) is 5.91 Å². The van der Waals surface area contributed by atoms with Gasteiger partial charge in [0, 0.05) is 24.6 Å². The van der Waals surface area contributed by atoms with Gasteiger partial charge in [-0.2, -0.15) is 0 Å². The van der Waals surface area contributed by atoms with Crippen LogP contribution in [0.15, 0.2) is 48.5 Å². The molecule has 2 aromatic rings. The molecule has 0 saturated carbocycles. The van der Waals surface area contributed by atoms with Crippen molar-refractivity contribution in [3.63, 3.8) is 0 Å². The van der Waals surface area contributed by atoms with Crippen LogP contribution >= 0.6 is 0 Å². The van der Waals surface area contributed by atoms with E-state index in [1.807, 2.05) is 30.3 Å². The lowest BCUT2D eigenvalue weighted by Crippen LogP contribution is -2.44. The van der Waals surface area contributed by atoms with Crippen LogP contribution in [0.1, 0.15) is 75.4 Å². The summed E-state index contributed by atoms with van der Waals surface area (Å²) >= 11 is 0. The minimum absolute atomic E-state index is 0.0162. The van der Waals surface area contributed by atoms with Crippen molar-refractivity contribution in [2.24, 2.45) is 0 Å². The van der Waals surface area contributed by atoms with E-state index >= 15 is 0 Å². The Balaban J connectivity index is 1.81. The number of carbonyl (C=O) groups excluding carboxylic acids is 4. The molecule has 0 bridgehead atoms. The fourth-order valence-corrected chi connectivity index (χ4v) is 4.33. The molecular weight excluding hydrogens is 522 g/mol. The number of rotatable bonds is 9. The number of benzene rings is 2. The standard InChI is InChI=1S/C32H39N3O6/c1-6-40-29(37)19-23(2)34-22-28(36)35(21-25-14-9-7-10-15-25)27-17-16-24(20-26(27)30(34)38)13-11-8-12-18-33-31(39)41-32(3,4)5/h7,9-10,14-17,20,23H,6,8,12,18-19,21-22H2,1-5H3,(H,33,39). The van der Waals surface area contributed by atoms with E-state index < -0.39 is 23.7 Å². The molecule has 0 aromatic heterocycles. The molecule has 9 heteroatoms. The summed E-state index contributed by atoms with van der Waals surface area (Å²) in [6.45, 7) is 9.69. The molecule has 3 rings (SSSR count). The summed E-state index contributed by atoms with van der Waals surface area (Å²) in [5.74, 6) is 5.17.